The highest BCUT2D eigenvalue weighted by Gasteiger charge is 2.19. The van der Waals surface area contributed by atoms with E-state index in [2.05, 4.69) is 25.2 Å². The van der Waals surface area contributed by atoms with E-state index in [1.807, 2.05) is 65.6 Å². The molecule has 2 aromatic carbocycles. The molecule has 2 rings (SSSR count). The molecule has 0 aliphatic rings. The molecule has 0 unspecified atom stereocenters. The van der Waals surface area contributed by atoms with Crippen molar-refractivity contribution in [3.05, 3.63) is 83.6 Å². The van der Waals surface area contributed by atoms with Gasteiger partial charge < -0.3 is 10.2 Å². The fourth-order valence-corrected chi connectivity index (χ4v) is 3.00. The van der Waals surface area contributed by atoms with Crippen molar-refractivity contribution in [2.45, 2.75) is 32.7 Å². The molecule has 0 aliphatic heterocycles. The average Bonchev–Trinajstić information content (AvgIpc) is 2.71. The summed E-state index contributed by atoms with van der Waals surface area (Å²) in [6.07, 6.45) is 3.62. The zero-order chi connectivity index (χ0) is 19.5. The second-order valence-corrected chi connectivity index (χ2v) is 6.42. The van der Waals surface area contributed by atoms with Crippen molar-refractivity contribution in [3.8, 4) is 6.07 Å². The molecular formula is C23H27N3O. The number of carbonyl (C=O) groups is 1. The number of nitriles is 1. The first-order valence-corrected chi connectivity index (χ1v) is 9.46. The first-order valence-electron chi connectivity index (χ1n) is 9.46. The molecule has 0 spiro atoms. The predicted octanol–water partition coefficient (Wildman–Crippen LogP) is 4.42. The van der Waals surface area contributed by atoms with Gasteiger partial charge in [-0.3, -0.25) is 4.79 Å². The molecule has 0 bridgehead atoms. The van der Waals surface area contributed by atoms with Crippen LogP contribution in [0.1, 0.15) is 43.9 Å². The third kappa shape index (κ3) is 6.00. The number of hydrogen-bond acceptors (Lipinski definition) is 3. The standard InChI is InChI=1S/C23H27N3O/c1-3-15-26(16-4-2)18-21(17-24)23(27)25-22(19-11-7-5-8-12-19)20-13-9-6-10-14-20/h5-14,18,22H,3-4,15-16H2,1-2H3,(H,25,27)/b21-18-. The Kier molecular flexibility index (Phi) is 8.12. The fourth-order valence-electron chi connectivity index (χ4n) is 3.00. The number of nitrogens with one attached hydrogen (secondary N) is 1. The van der Waals surface area contributed by atoms with Crippen LogP contribution in [0.5, 0.6) is 0 Å². The molecule has 0 saturated carbocycles. The smallest absolute Gasteiger partial charge is 0.264 e. The highest BCUT2D eigenvalue weighted by atomic mass is 16.1. The fraction of sp³-hybridized carbons (Fsp3) is 0.304. The minimum atomic E-state index is -0.354. The summed E-state index contributed by atoms with van der Waals surface area (Å²) in [5, 5.41) is 12.6. The van der Waals surface area contributed by atoms with Gasteiger partial charge in [-0.1, -0.05) is 74.5 Å². The average molecular weight is 361 g/mol. The lowest BCUT2D eigenvalue weighted by molar-refractivity contribution is -0.117. The number of nitrogens with zero attached hydrogens (tertiary/aromatic N) is 2. The summed E-state index contributed by atoms with van der Waals surface area (Å²) >= 11 is 0. The van der Waals surface area contributed by atoms with Crippen LogP contribution in [0.3, 0.4) is 0 Å². The van der Waals surface area contributed by atoms with Gasteiger partial charge in [0, 0.05) is 19.3 Å². The van der Waals surface area contributed by atoms with Gasteiger partial charge in [0.25, 0.3) is 5.91 Å². The van der Waals surface area contributed by atoms with Crippen molar-refractivity contribution in [1.29, 1.82) is 5.26 Å². The van der Waals surface area contributed by atoms with Crippen molar-refractivity contribution in [2.75, 3.05) is 13.1 Å². The van der Waals surface area contributed by atoms with Gasteiger partial charge in [-0.15, -0.1) is 0 Å². The molecule has 0 saturated heterocycles. The van der Waals surface area contributed by atoms with Crippen LogP contribution in [-0.4, -0.2) is 23.9 Å². The Balaban J connectivity index is 2.28. The predicted molar refractivity (Wildman–Crippen MR) is 109 cm³/mol. The van der Waals surface area contributed by atoms with E-state index >= 15 is 0 Å². The molecule has 0 aliphatic carbocycles. The van der Waals surface area contributed by atoms with E-state index < -0.39 is 0 Å². The minimum absolute atomic E-state index is 0.133. The second-order valence-electron chi connectivity index (χ2n) is 6.42. The first-order chi connectivity index (χ1) is 13.2. The lowest BCUT2D eigenvalue weighted by atomic mass is 9.98. The highest BCUT2D eigenvalue weighted by Crippen LogP contribution is 2.22. The van der Waals surface area contributed by atoms with Crippen molar-refractivity contribution < 1.29 is 4.79 Å². The Bertz CT molecular complexity index is 733. The zero-order valence-corrected chi connectivity index (χ0v) is 16.1. The quantitative estimate of drug-likeness (QED) is 0.531. The molecule has 0 radical (unpaired) electrons. The Morgan fingerprint density at radius 2 is 1.48 bits per heavy atom. The monoisotopic (exact) mass is 361 g/mol. The highest BCUT2D eigenvalue weighted by molar-refractivity contribution is 5.97. The van der Waals surface area contributed by atoms with E-state index in [1.165, 1.54) is 0 Å². The van der Waals surface area contributed by atoms with E-state index in [-0.39, 0.29) is 17.5 Å². The Morgan fingerprint density at radius 1 is 1.00 bits per heavy atom. The number of amides is 1. The van der Waals surface area contributed by atoms with Crippen LogP contribution in [0.25, 0.3) is 0 Å². The molecule has 0 atom stereocenters. The molecular weight excluding hydrogens is 334 g/mol. The molecule has 4 heteroatoms. The summed E-state index contributed by atoms with van der Waals surface area (Å²) in [5.41, 5.74) is 2.09. The maximum Gasteiger partial charge on any atom is 0.264 e. The van der Waals surface area contributed by atoms with Crippen LogP contribution in [-0.2, 0) is 4.79 Å². The maximum atomic E-state index is 12.8. The van der Waals surface area contributed by atoms with Gasteiger partial charge in [-0.05, 0) is 24.0 Å². The number of benzene rings is 2. The topological polar surface area (TPSA) is 56.1 Å². The minimum Gasteiger partial charge on any atom is -0.376 e. The van der Waals surface area contributed by atoms with Gasteiger partial charge in [0.05, 0.1) is 6.04 Å². The van der Waals surface area contributed by atoms with Crippen LogP contribution in [0.15, 0.2) is 72.4 Å². The van der Waals surface area contributed by atoms with Gasteiger partial charge in [-0.2, -0.15) is 5.26 Å². The van der Waals surface area contributed by atoms with E-state index in [1.54, 1.807) is 6.20 Å². The molecule has 2 aromatic rings. The molecule has 0 aromatic heterocycles. The van der Waals surface area contributed by atoms with Crippen LogP contribution >= 0.6 is 0 Å². The lowest BCUT2D eigenvalue weighted by Crippen LogP contribution is -2.31. The van der Waals surface area contributed by atoms with Crippen molar-refractivity contribution in [2.24, 2.45) is 0 Å². The molecule has 140 valence electrons. The normalized spacial score (nSPS) is 11.1. The van der Waals surface area contributed by atoms with Crippen LogP contribution in [0.2, 0.25) is 0 Å². The molecule has 1 N–H and O–H groups in total. The molecule has 1 amide bonds. The van der Waals surface area contributed by atoms with Crippen LogP contribution in [0.4, 0.5) is 0 Å². The third-order valence-corrected chi connectivity index (χ3v) is 4.24. The SMILES string of the molecule is CCCN(/C=C(/C#N)C(=O)NC(c1ccccc1)c1ccccc1)CCC. The summed E-state index contributed by atoms with van der Waals surface area (Å²) in [6, 6.07) is 21.4. The van der Waals surface area contributed by atoms with Crippen molar-refractivity contribution >= 4 is 5.91 Å². The van der Waals surface area contributed by atoms with Gasteiger partial charge >= 0.3 is 0 Å². The number of hydrogen-bond donors (Lipinski definition) is 1. The molecule has 27 heavy (non-hydrogen) atoms. The summed E-state index contributed by atoms with van der Waals surface area (Å²) < 4.78 is 0. The summed E-state index contributed by atoms with van der Waals surface area (Å²) in [5.74, 6) is -0.354. The van der Waals surface area contributed by atoms with E-state index in [9.17, 15) is 10.1 Å². The van der Waals surface area contributed by atoms with Crippen molar-refractivity contribution in [1.82, 2.24) is 10.2 Å². The first kappa shape index (κ1) is 20.3. The van der Waals surface area contributed by atoms with E-state index in [0.717, 1.165) is 37.1 Å². The number of rotatable bonds is 9. The number of carbonyl (C=O) groups excluding carboxylic acids is 1. The summed E-state index contributed by atoms with van der Waals surface area (Å²) in [4.78, 5) is 14.9. The summed E-state index contributed by atoms with van der Waals surface area (Å²) in [6.45, 7) is 5.83. The van der Waals surface area contributed by atoms with Gasteiger partial charge in [0.1, 0.15) is 11.6 Å². The van der Waals surface area contributed by atoms with E-state index in [4.69, 9.17) is 0 Å². The lowest BCUT2D eigenvalue weighted by Gasteiger charge is -2.22. The second kappa shape index (κ2) is 10.8. The molecule has 0 fully saturated rings. The van der Waals surface area contributed by atoms with Crippen molar-refractivity contribution in [3.63, 3.8) is 0 Å². The van der Waals surface area contributed by atoms with Gasteiger partial charge in [0.15, 0.2) is 0 Å². The Morgan fingerprint density at radius 3 is 1.89 bits per heavy atom. The summed E-state index contributed by atoms with van der Waals surface area (Å²) in [7, 11) is 0. The maximum absolute atomic E-state index is 12.8. The Labute approximate surface area is 162 Å². The van der Waals surface area contributed by atoms with Crippen LogP contribution in [0, 0.1) is 11.3 Å². The van der Waals surface area contributed by atoms with E-state index in [0.29, 0.717) is 0 Å². The Hall–Kier alpha value is -3.06. The van der Waals surface area contributed by atoms with Crippen LogP contribution < -0.4 is 5.32 Å². The van der Waals surface area contributed by atoms with Gasteiger partial charge in [-0.25, -0.2) is 0 Å². The largest absolute Gasteiger partial charge is 0.376 e. The zero-order valence-electron chi connectivity index (χ0n) is 16.1. The van der Waals surface area contributed by atoms with Gasteiger partial charge in [0.2, 0.25) is 0 Å². The molecule has 4 nitrogen and oxygen atoms in total. The molecule has 0 heterocycles. The third-order valence-electron chi connectivity index (χ3n) is 4.24.